The Balaban J connectivity index is 0.000000827. The van der Waals surface area contributed by atoms with Crippen LogP contribution in [-0.2, 0) is 4.74 Å². The number of ether oxygens (including phenoxy) is 1. The molecule has 5 N–H and O–H groups in total. The second kappa shape index (κ2) is 18.9. The Morgan fingerprint density at radius 1 is 0.804 bits per heavy atom. The van der Waals surface area contributed by atoms with Gasteiger partial charge in [-0.05, 0) is 73.1 Å². The zero-order chi connectivity index (χ0) is 29.1. The number of alkyl carbamates (subject to hydrolysis) is 1. The molecule has 46 heavy (non-hydrogen) atoms. The van der Waals surface area contributed by atoms with Crippen molar-refractivity contribution in [3.05, 3.63) is 48.0 Å². The number of rotatable bonds is 5. The number of anilines is 2. The Labute approximate surface area is 305 Å². The molecule has 1 amide bonds. The van der Waals surface area contributed by atoms with Crippen LogP contribution < -0.4 is 21.7 Å². The number of amides is 1. The lowest BCUT2D eigenvalue weighted by Crippen LogP contribution is -2.38. The van der Waals surface area contributed by atoms with Crippen molar-refractivity contribution in [2.75, 3.05) is 10.6 Å². The molecule has 4 atom stereocenters. The normalized spacial score (nSPS) is 20.0. The average Bonchev–Trinajstić information content (AvgIpc) is 3.67. The molecule has 2 saturated carbocycles. The van der Waals surface area contributed by atoms with Crippen LogP contribution in [0, 0.1) is 13.8 Å². The Morgan fingerprint density at radius 3 is 1.72 bits per heavy atom. The molecule has 4 aromatic heterocycles. The molecule has 0 bridgehead atoms. The number of nitrogens with zero attached hydrogens (tertiary/aromatic N) is 6. The molecule has 0 unspecified atom stereocenters. The van der Waals surface area contributed by atoms with Crippen molar-refractivity contribution in [2.45, 2.75) is 103 Å². The largest absolute Gasteiger partial charge is 0.444 e. The summed E-state index contributed by atoms with van der Waals surface area (Å²) >= 11 is 0. The van der Waals surface area contributed by atoms with Crippen LogP contribution in [0.2, 0.25) is 0 Å². The van der Waals surface area contributed by atoms with Crippen LogP contribution in [0.1, 0.15) is 70.7 Å². The van der Waals surface area contributed by atoms with Crippen molar-refractivity contribution in [1.82, 2.24) is 34.5 Å². The molecule has 2 fully saturated rings. The topological polar surface area (TPSA) is 149 Å². The molecule has 4 aromatic rings. The Bertz CT molecular complexity index is 1520. The molecule has 0 aliphatic heterocycles. The summed E-state index contributed by atoms with van der Waals surface area (Å²) in [5.74, 6) is 1.95. The molecule has 12 nitrogen and oxygen atoms in total. The van der Waals surface area contributed by atoms with Gasteiger partial charge < -0.3 is 26.4 Å². The van der Waals surface area contributed by atoms with E-state index in [1.54, 1.807) is 12.4 Å². The van der Waals surface area contributed by atoms with E-state index in [-0.39, 0.29) is 78.5 Å². The van der Waals surface area contributed by atoms with Crippen LogP contribution in [0.3, 0.4) is 0 Å². The zero-order valence-electron chi connectivity index (χ0n) is 27.0. The molecule has 0 aromatic carbocycles. The van der Waals surface area contributed by atoms with E-state index in [0.717, 1.165) is 72.8 Å². The van der Waals surface area contributed by atoms with Crippen molar-refractivity contribution in [2.24, 2.45) is 5.73 Å². The zero-order valence-corrected chi connectivity index (χ0v) is 31.8. The molecule has 17 heteroatoms. The number of carbonyl (C=O) groups is 1. The lowest BCUT2D eigenvalue weighted by atomic mass is 10.2. The molecule has 0 spiro atoms. The minimum atomic E-state index is -0.472. The summed E-state index contributed by atoms with van der Waals surface area (Å²) in [4.78, 5) is 20.8. The van der Waals surface area contributed by atoms with Crippen LogP contribution in [0.25, 0.3) is 11.3 Å². The summed E-state index contributed by atoms with van der Waals surface area (Å²) < 4.78 is 8.97. The molecule has 6 rings (SSSR count). The van der Waals surface area contributed by atoms with Crippen LogP contribution in [0.5, 0.6) is 0 Å². The highest BCUT2D eigenvalue weighted by molar-refractivity contribution is 7.59. The Morgan fingerprint density at radius 2 is 1.26 bits per heavy atom. The van der Waals surface area contributed by atoms with Crippen molar-refractivity contribution in [1.29, 1.82) is 0 Å². The first-order valence-electron chi connectivity index (χ1n) is 14.4. The summed E-state index contributed by atoms with van der Waals surface area (Å²) in [7, 11) is 0. The lowest BCUT2D eigenvalue weighted by Gasteiger charge is -2.22. The summed E-state index contributed by atoms with van der Waals surface area (Å²) in [5.41, 5.74) is 9.12. The van der Waals surface area contributed by atoms with Gasteiger partial charge in [0.25, 0.3) is 0 Å². The maximum Gasteiger partial charge on any atom is 0.407 e. The van der Waals surface area contributed by atoms with Gasteiger partial charge in [-0.2, -0.15) is 73.2 Å². The van der Waals surface area contributed by atoms with Crippen LogP contribution in [0.4, 0.5) is 16.4 Å². The van der Waals surface area contributed by atoms with Gasteiger partial charge in [-0.3, -0.25) is 0 Å². The second-order valence-corrected chi connectivity index (χ2v) is 12.2. The third kappa shape index (κ3) is 11.8. The molecular formula is C29H51ClN10O2S4. The Kier molecular flexibility index (Phi) is 18.0. The van der Waals surface area contributed by atoms with Gasteiger partial charge in [0.15, 0.2) is 11.3 Å². The molecular weight excluding hydrogens is 684 g/mol. The molecule has 4 heterocycles. The number of halogens is 1. The van der Waals surface area contributed by atoms with E-state index in [1.165, 1.54) is 0 Å². The third-order valence-corrected chi connectivity index (χ3v) is 7.31. The monoisotopic (exact) mass is 734 g/mol. The van der Waals surface area contributed by atoms with Gasteiger partial charge in [-0.25, -0.2) is 14.8 Å². The fraction of sp³-hybridized carbons (Fsp3) is 0.552. The molecule has 260 valence electrons. The van der Waals surface area contributed by atoms with E-state index in [4.69, 9.17) is 10.5 Å². The minimum Gasteiger partial charge on any atom is -0.444 e. The maximum atomic E-state index is 11.9. The number of nitrogens with one attached hydrogen (secondary N) is 3. The predicted molar refractivity (Wildman–Crippen MR) is 208 cm³/mol. The fourth-order valence-corrected chi connectivity index (χ4v) is 5.57. The summed E-state index contributed by atoms with van der Waals surface area (Å²) in [5, 5.41) is 18.6. The van der Waals surface area contributed by atoms with Crippen molar-refractivity contribution < 1.29 is 9.53 Å². The lowest BCUT2D eigenvalue weighted by molar-refractivity contribution is 0.0505. The van der Waals surface area contributed by atoms with Gasteiger partial charge in [0.05, 0.1) is 12.4 Å². The van der Waals surface area contributed by atoms with Gasteiger partial charge in [0.2, 0.25) is 0 Å². The van der Waals surface area contributed by atoms with E-state index in [9.17, 15) is 4.79 Å². The van der Waals surface area contributed by atoms with Gasteiger partial charge in [0.1, 0.15) is 17.2 Å². The van der Waals surface area contributed by atoms with Crippen LogP contribution in [0.15, 0.2) is 36.7 Å². The number of aryl methyl sites for hydroxylation is 2. The highest BCUT2D eigenvalue weighted by Crippen LogP contribution is 2.25. The van der Waals surface area contributed by atoms with E-state index in [0.29, 0.717) is 18.1 Å². The van der Waals surface area contributed by atoms with Crippen molar-refractivity contribution >= 4 is 95.4 Å². The number of carbonyl (C=O) groups excluding carboxylic acids is 1. The molecule has 0 saturated heterocycles. The minimum absolute atomic E-state index is 0. The summed E-state index contributed by atoms with van der Waals surface area (Å²) in [6.07, 6.45) is 9.22. The number of nitrogens with two attached hydrogens (primary N) is 1. The van der Waals surface area contributed by atoms with Crippen LogP contribution >= 0.6 is 66.4 Å². The van der Waals surface area contributed by atoms with E-state index in [1.807, 2.05) is 67.9 Å². The summed E-state index contributed by atoms with van der Waals surface area (Å²) in [6, 6.07) is 9.05. The first-order chi connectivity index (χ1) is 19.5. The van der Waals surface area contributed by atoms with E-state index < -0.39 is 5.60 Å². The number of hydrogen-bond donors (Lipinski definition) is 4. The highest BCUT2D eigenvalue weighted by Gasteiger charge is 2.28. The molecule has 2 aliphatic carbocycles. The highest BCUT2D eigenvalue weighted by atomic mass is 35.5. The van der Waals surface area contributed by atoms with E-state index >= 15 is 0 Å². The third-order valence-electron chi connectivity index (χ3n) is 7.31. The van der Waals surface area contributed by atoms with Crippen molar-refractivity contribution in [3.63, 3.8) is 0 Å². The first kappa shape index (κ1) is 43.8. The first-order valence-corrected chi connectivity index (χ1v) is 14.4. The smallest absolute Gasteiger partial charge is 0.407 e. The quantitative estimate of drug-likeness (QED) is 0.220. The second-order valence-electron chi connectivity index (χ2n) is 12.2. The number of aromatic nitrogens is 6. The fourth-order valence-electron chi connectivity index (χ4n) is 5.57. The molecule has 2 aliphatic rings. The van der Waals surface area contributed by atoms with Crippen molar-refractivity contribution in [3.8, 4) is 0 Å². The van der Waals surface area contributed by atoms with Gasteiger partial charge in [0, 0.05) is 59.8 Å². The van der Waals surface area contributed by atoms with Gasteiger partial charge in [-0.15, -0.1) is 12.4 Å². The predicted octanol–water partition coefficient (Wildman–Crippen LogP) is 5.10. The Hall–Kier alpha value is -2.24. The average molecular weight is 736 g/mol. The molecule has 0 radical (unpaired) electrons. The van der Waals surface area contributed by atoms with Gasteiger partial charge >= 0.3 is 6.09 Å². The summed E-state index contributed by atoms with van der Waals surface area (Å²) in [6.45, 7) is 9.57. The standard InChI is InChI=1S/C17H25N5O2.C12H17N5.ClH.4H2S/c1-11-9-15(22-14(19-11)7-8-18-22)20-12-5-6-13(10-12)21-16(23)24-17(2,3)4;1-8-6-12(16-10-3-2-9(13)7-10)17-11(15-8)4-5-14-17;;;;;/h7-9,12-13,20H,5-6,10H2,1-4H3,(H,21,23);4-6,9-10,16H,2-3,7,13H2,1H3;1H;4*1H2/t12-,13-;9-,10-;;;;;/m00...../s1. The maximum absolute atomic E-state index is 11.9. The van der Waals surface area contributed by atoms with E-state index in [2.05, 4.69) is 36.1 Å². The van der Waals surface area contributed by atoms with Gasteiger partial charge in [-0.1, -0.05) is 0 Å². The SMILES string of the molecule is Cc1cc(N[C@H]2CC[C@H](N)C2)n2nccc2n1.Cc1cc(N[C@H]2CC[C@H](NC(=O)OC(C)(C)C)C2)n2nccc2n1.Cl.S.S.S.S. The number of hydrogen-bond acceptors (Lipinski definition) is 9. The number of fused-ring (bicyclic) bond motifs is 2. The van der Waals surface area contributed by atoms with Crippen LogP contribution in [-0.4, -0.2) is 65.1 Å².